The molecular formula is C14H18O4. The lowest BCUT2D eigenvalue weighted by Gasteiger charge is -2.06. The summed E-state index contributed by atoms with van der Waals surface area (Å²) in [7, 11) is 0. The highest BCUT2D eigenvalue weighted by Crippen LogP contribution is 2.12. The molecular weight excluding hydrogens is 232 g/mol. The van der Waals surface area contributed by atoms with E-state index in [0.717, 1.165) is 37.7 Å². The van der Waals surface area contributed by atoms with Crippen LogP contribution >= 0.6 is 0 Å². The van der Waals surface area contributed by atoms with E-state index in [9.17, 15) is 9.59 Å². The Morgan fingerprint density at radius 2 is 1.56 bits per heavy atom. The molecule has 0 amide bonds. The average molecular weight is 250 g/mol. The van der Waals surface area contributed by atoms with Gasteiger partial charge >= 0.3 is 0 Å². The summed E-state index contributed by atoms with van der Waals surface area (Å²) in [5, 5.41) is 0. The Morgan fingerprint density at radius 1 is 0.889 bits per heavy atom. The van der Waals surface area contributed by atoms with Gasteiger partial charge in [0.2, 0.25) is 0 Å². The summed E-state index contributed by atoms with van der Waals surface area (Å²) in [6.07, 6.45) is 4.75. The van der Waals surface area contributed by atoms with Gasteiger partial charge in [0.05, 0.1) is 13.2 Å². The van der Waals surface area contributed by atoms with Crippen LogP contribution in [-0.4, -0.2) is 26.0 Å². The van der Waals surface area contributed by atoms with Crippen molar-refractivity contribution in [3.8, 4) is 5.75 Å². The topological polar surface area (TPSA) is 52.6 Å². The molecule has 0 fully saturated rings. The van der Waals surface area contributed by atoms with Crippen molar-refractivity contribution in [3.05, 3.63) is 29.8 Å². The van der Waals surface area contributed by atoms with Crippen molar-refractivity contribution in [1.82, 2.24) is 0 Å². The van der Waals surface area contributed by atoms with Gasteiger partial charge in [-0.05, 0) is 49.9 Å². The molecule has 4 heteroatoms. The van der Waals surface area contributed by atoms with E-state index in [-0.39, 0.29) is 0 Å². The van der Waals surface area contributed by atoms with Gasteiger partial charge in [-0.3, -0.25) is 9.59 Å². The van der Waals surface area contributed by atoms with Crippen molar-refractivity contribution in [2.24, 2.45) is 0 Å². The first-order valence-electron chi connectivity index (χ1n) is 6.10. The van der Waals surface area contributed by atoms with Crippen LogP contribution in [0.15, 0.2) is 24.3 Å². The van der Waals surface area contributed by atoms with Gasteiger partial charge in [-0.15, -0.1) is 0 Å². The minimum absolute atomic E-state index is 0.478. The quantitative estimate of drug-likeness (QED) is 0.473. The molecule has 4 nitrogen and oxygen atoms in total. The maximum atomic E-state index is 10.5. The zero-order chi connectivity index (χ0) is 13.1. The summed E-state index contributed by atoms with van der Waals surface area (Å²) in [5.74, 6) is 0.782. The van der Waals surface area contributed by atoms with Crippen LogP contribution in [0.2, 0.25) is 0 Å². The van der Waals surface area contributed by atoms with Crippen molar-refractivity contribution in [3.63, 3.8) is 0 Å². The molecule has 0 aliphatic rings. The maximum Gasteiger partial charge on any atom is 0.293 e. The fourth-order valence-electron chi connectivity index (χ4n) is 1.52. The molecule has 0 heterocycles. The summed E-state index contributed by atoms with van der Waals surface area (Å²) in [4.78, 5) is 20.3. The zero-order valence-corrected chi connectivity index (χ0v) is 10.3. The Hall–Kier alpha value is -1.84. The van der Waals surface area contributed by atoms with Crippen LogP contribution in [0.1, 0.15) is 36.0 Å². The second-order valence-electron chi connectivity index (χ2n) is 3.92. The third kappa shape index (κ3) is 6.03. The van der Waals surface area contributed by atoms with Crippen LogP contribution < -0.4 is 4.74 Å². The minimum Gasteiger partial charge on any atom is -0.494 e. The highest BCUT2D eigenvalue weighted by Gasteiger charge is 1.95. The molecule has 98 valence electrons. The van der Waals surface area contributed by atoms with Crippen LogP contribution in [0.5, 0.6) is 5.75 Å². The van der Waals surface area contributed by atoms with Crippen molar-refractivity contribution >= 4 is 12.8 Å². The number of ether oxygens (including phenoxy) is 2. The average Bonchev–Trinajstić information content (AvgIpc) is 2.42. The number of carbonyl (C=O) groups excluding carboxylic acids is 2. The number of carbonyl (C=O) groups is 2. The lowest BCUT2D eigenvalue weighted by atomic mass is 10.2. The second-order valence-corrected chi connectivity index (χ2v) is 3.92. The molecule has 0 saturated carbocycles. The summed E-state index contributed by atoms with van der Waals surface area (Å²) < 4.78 is 10.1. The van der Waals surface area contributed by atoms with E-state index >= 15 is 0 Å². The fraction of sp³-hybridized carbons (Fsp3) is 0.429. The van der Waals surface area contributed by atoms with Gasteiger partial charge in [0.15, 0.2) is 0 Å². The van der Waals surface area contributed by atoms with Crippen molar-refractivity contribution in [1.29, 1.82) is 0 Å². The molecule has 18 heavy (non-hydrogen) atoms. The molecule has 1 rings (SSSR count). The number of benzene rings is 1. The maximum absolute atomic E-state index is 10.5. The predicted molar refractivity (Wildman–Crippen MR) is 67.8 cm³/mol. The number of hydrogen-bond donors (Lipinski definition) is 0. The van der Waals surface area contributed by atoms with E-state index in [2.05, 4.69) is 4.74 Å². The first kappa shape index (κ1) is 14.2. The number of unbranched alkanes of at least 4 members (excludes halogenated alkanes) is 3. The summed E-state index contributed by atoms with van der Waals surface area (Å²) in [6, 6.07) is 7.06. The monoisotopic (exact) mass is 250 g/mol. The van der Waals surface area contributed by atoms with E-state index in [1.54, 1.807) is 24.3 Å². The van der Waals surface area contributed by atoms with Gasteiger partial charge in [0.25, 0.3) is 6.47 Å². The summed E-state index contributed by atoms with van der Waals surface area (Å²) in [5.41, 5.74) is 0.650. The lowest BCUT2D eigenvalue weighted by molar-refractivity contribution is -0.128. The molecule has 0 spiro atoms. The molecule has 0 bridgehead atoms. The highest BCUT2D eigenvalue weighted by atomic mass is 16.5. The number of rotatable bonds is 10. The molecule has 0 saturated heterocycles. The normalized spacial score (nSPS) is 9.78. The first-order chi connectivity index (χ1) is 8.86. The SMILES string of the molecule is O=COCCCCCCOc1ccc(C=O)cc1. The van der Waals surface area contributed by atoms with Crippen molar-refractivity contribution in [2.75, 3.05) is 13.2 Å². The van der Waals surface area contributed by atoms with Crippen LogP contribution in [0.4, 0.5) is 0 Å². The molecule has 0 unspecified atom stereocenters. The van der Waals surface area contributed by atoms with Gasteiger partial charge in [0, 0.05) is 5.56 Å². The second kappa shape index (κ2) is 9.22. The molecule has 0 radical (unpaired) electrons. The number of aldehydes is 1. The van der Waals surface area contributed by atoms with Gasteiger partial charge in [-0.1, -0.05) is 0 Å². The zero-order valence-electron chi connectivity index (χ0n) is 10.3. The Bertz CT molecular complexity index is 345. The third-order valence-electron chi connectivity index (χ3n) is 2.51. The van der Waals surface area contributed by atoms with Gasteiger partial charge in [-0.2, -0.15) is 0 Å². The molecule has 0 aliphatic carbocycles. The Balaban J connectivity index is 2.03. The van der Waals surface area contributed by atoms with E-state index in [0.29, 0.717) is 25.2 Å². The van der Waals surface area contributed by atoms with Crippen molar-refractivity contribution in [2.45, 2.75) is 25.7 Å². The fourth-order valence-corrected chi connectivity index (χ4v) is 1.52. The molecule has 0 aliphatic heterocycles. The Morgan fingerprint density at radius 3 is 2.17 bits per heavy atom. The molecule has 1 aromatic rings. The molecule has 0 aromatic heterocycles. The highest BCUT2D eigenvalue weighted by molar-refractivity contribution is 5.74. The summed E-state index contributed by atoms with van der Waals surface area (Å²) in [6.45, 7) is 1.64. The lowest BCUT2D eigenvalue weighted by Crippen LogP contribution is -1.98. The van der Waals surface area contributed by atoms with Crippen molar-refractivity contribution < 1.29 is 19.1 Å². The van der Waals surface area contributed by atoms with E-state index in [1.807, 2.05) is 0 Å². The first-order valence-corrected chi connectivity index (χ1v) is 6.10. The van der Waals surface area contributed by atoms with Gasteiger partial charge in [0.1, 0.15) is 12.0 Å². The van der Waals surface area contributed by atoms with Gasteiger partial charge < -0.3 is 9.47 Å². The Labute approximate surface area is 107 Å². The summed E-state index contributed by atoms with van der Waals surface area (Å²) >= 11 is 0. The smallest absolute Gasteiger partial charge is 0.293 e. The predicted octanol–water partition coefficient (Wildman–Crippen LogP) is 2.61. The molecule has 0 N–H and O–H groups in total. The number of hydrogen-bond acceptors (Lipinski definition) is 4. The molecule has 0 atom stereocenters. The van der Waals surface area contributed by atoms with E-state index in [4.69, 9.17) is 4.74 Å². The van der Waals surface area contributed by atoms with Gasteiger partial charge in [-0.25, -0.2) is 0 Å². The minimum atomic E-state index is 0.478. The van der Waals surface area contributed by atoms with E-state index in [1.165, 1.54) is 0 Å². The van der Waals surface area contributed by atoms with E-state index < -0.39 is 0 Å². The van der Waals surface area contributed by atoms with Crippen LogP contribution in [0.3, 0.4) is 0 Å². The van der Waals surface area contributed by atoms with Crippen LogP contribution in [0, 0.1) is 0 Å². The van der Waals surface area contributed by atoms with Crippen LogP contribution in [0.25, 0.3) is 0 Å². The Kier molecular flexibility index (Phi) is 7.28. The molecule has 1 aromatic carbocycles. The van der Waals surface area contributed by atoms with Crippen LogP contribution in [-0.2, 0) is 9.53 Å². The standard InChI is InChI=1S/C14H18O4/c15-11-13-5-7-14(8-6-13)18-10-4-2-1-3-9-17-12-16/h5-8,11-12H,1-4,9-10H2. The third-order valence-corrected chi connectivity index (χ3v) is 2.51. The largest absolute Gasteiger partial charge is 0.494 e.